The van der Waals surface area contributed by atoms with Crippen molar-refractivity contribution in [2.24, 2.45) is 0 Å². The van der Waals surface area contributed by atoms with Gasteiger partial charge >= 0.3 is 0 Å². The van der Waals surface area contributed by atoms with Crippen LogP contribution in [0, 0.1) is 0 Å². The van der Waals surface area contributed by atoms with E-state index in [0.717, 1.165) is 12.1 Å². The summed E-state index contributed by atoms with van der Waals surface area (Å²) >= 11 is 0. The predicted octanol–water partition coefficient (Wildman–Crippen LogP) is 4.34. The molecule has 0 radical (unpaired) electrons. The summed E-state index contributed by atoms with van der Waals surface area (Å²) in [5, 5.41) is 11.1. The summed E-state index contributed by atoms with van der Waals surface area (Å²) in [6.45, 7) is 3.34. The van der Waals surface area contributed by atoms with E-state index in [0.29, 0.717) is 6.04 Å². The molecular weight excluding hydrogens is 270 g/mol. The van der Waals surface area contributed by atoms with Gasteiger partial charge in [-0.15, -0.1) is 0 Å². The van der Waals surface area contributed by atoms with Crippen LogP contribution in [-0.4, -0.2) is 22.6 Å². The second kappa shape index (κ2) is 7.08. The van der Waals surface area contributed by atoms with Crippen LogP contribution in [0.5, 0.6) is 0 Å². The number of likely N-dealkylation sites (tertiary alicyclic amines) is 1. The lowest BCUT2D eigenvalue weighted by molar-refractivity contribution is 0.00998. The number of piperidine rings is 1. The van der Waals surface area contributed by atoms with Crippen molar-refractivity contribution >= 4 is 0 Å². The zero-order valence-electron chi connectivity index (χ0n) is 13.2. The van der Waals surface area contributed by atoms with Gasteiger partial charge in [-0.1, -0.05) is 67.1 Å². The maximum absolute atomic E-state index is 11.1. The maximum Gasteiger partial charge on any atom is 0.0986 e. The van der Waals surface area contributed by atoms with Gasteiger partial charge in [0.1, 0.15) is 0 Å². The summed E-state index contributed by atoms with van der Waals surface area (Å²) in [7, 11) is 0. The van der Waals surface area contributed by atoms with Gasteiger partial charge in [0.15, 0.2) is 0 Å². The Morgan fingerprint density at radius 1 is 0.909 bits per heavy atom. The molecule has 2 aromatic carbocycles. The van der Waals surface area contributed by atoms with E-state index >= 15 is 0 Å². The van der Waals surface area contributed by atoms with Crippen LogP contribution in [0.2, 0.25) is 0 Å². The Labute approximate surface area is 133 Å². The lowest BCUT2D eigenvalue weighted by atomic mass is 9.90. The second-order valence-corrected chi connectivity index (χ2v) is 6.29. The van der Waals surface area contributed by atoms with Crippen molar-refractivity contribution in [3.63, 3.8) is 0 Å². The molecule has 3 atom stereocenters. The molecule has 3 rings (SSSR count). The molecule has 1 fully saturated rings. The lowest BCUT2D eigenvalue weighted by Crippen LogP contribution is -2.42. The SMILES string of the molecule is C[C@@H]1CCCCN1[C@@H](c1ccccc1)[C@H](O)c1ccccc1. The van der Waals surface area contributed by atoms with Gasteiger partial charge in [0.05, 0.1) is 12.1 Å². The Morgan fingerprint density at radius 3 is 2.09 bits per heavy atom. The summed E-state index contributed by atoms with van der Waals surface area (Å²) < 4.78 is 0. The minimum atomic E-state index is -0.496. The van der Waals surface area contributed by atoms with Crippen LogP contribution in [0.25, 0.3) is 0 Å². The summed E-state index contributed by atoms with van der Waals surface area (Å²) in [5.41, 5.74) is 2.20. The van der Waals surface area contributed by atoms with Crippen LogP contribution >= 0.6 is 0 Å². The van der Waals surface area contributed by atoms with Gasteiger partial charge < -0.3 is 5.11 Å². The minimum Gasteiger partial charge on any atom is -0.386 e. The Morgan fingerprint density at radius 2 is 1.50 bits per heavy atom. The van der Waals surface area contributed by atoms with Gasteiger partial charge in [0.2, 0.25) is 0 Å². The second-order valence-electron chi connectivity index (χ2n) is 6.29. The highest BCUT2D eigenvalue weighted by molar-refractivity contribution is 5.26. The number of benzene rings is 2. The first-order valence-electron chi connectivity index (χ1n) is 8.31. The topological polar surface area (TPSA) is 23.5 Å². The Bertz CT molecular complexity index is 569. The third-order valence-corrected chi connectivity index (χ3v) is 4.79. The molecular formula is C20H25NO. The average molecular weight is 295 g/mol. The molecule has 0 aromatic heterocycles. The van der Waals surface area contributed by atoms with Crippen molar-refractivity contribution in [3.8, 4) is 0 Å². The van der Waals surface area contributed by atoms with Crippen molar-refractivity contribution < 1.29 is 5.11 Å². The molecule has 0 amide bonds. The van der Waals surface area contributed by atoms with Crippen LogP contribution in [-0.2, 0) is 0 Å². The molecule has 1 saturated heterocycles. The normalized spacial score (nSPS) is 22.2. The highest BCUT2D eigenvalue weighted by Gasteiger charge is 2.32. The zero-order chi connectivity index (χ0) is 15.4. The molecule has 2 heteroatoms. The molecule has 1 aliphatic rings. The standard InChI is InChI=1S/C20H25NO/c1-16-10-8-9-15-21(16)19(17-11-4-2-5-12-17)20(22)18-13-6-3-7-14-18/h2-7,11-14,16,19-20,22H,8-10,15H2,1H3/t16-,19+,20-/m1/s1. The fraction of sp³-hybridized carbons (Fsp3) is 0.400. The molecule has 0 aliphatic carbocycles. The van der Waals surface area contributed by atoms with Crippen molar-refractivity contribution in [2.75, 3.05) is 6.54 Å². The van der Waals surface area contributed by atoms with Gasteiger partial charge in [-0.2, -0.15) is 0 Å². The first-order valence-corrected chi connectivity index (χ1v) is 8.31. The van der Waals surface area contributed by atoms with Crippen molar-refractivity contribution in [1.82, 2.24) is 4.90 Å². The first kappa shape index (κ1) is 15.3. The van der Waals surface area contributed by atoms with Crippen LogP contribution in [0.1, 0.15) is 49.5 Å². The Balaban J connectivity index is 1.96. The van der Waals surface area contributed by atoms with Crippen LogP contribution in [0.15, 0.2) is 60.7 Å². The summed E-state index contributed by atoms with van der Waals surface area (Å²) in [4.78, 5) is 2.48. The number of aliphatic hydroxyl groups is 1. The molecule has 22 heavy (non-hydrogen) atoms. The molecule has 0 unspecified atom stereocenters. The van der Waals surface area contributed by atoms with Gasteiger partial charge in [-0.05, 0) is 37.4 Å². The van der Waals surface area contributed by atoms with Crippen molar-refractivity contribution in [3.05, 3.63) is 71.8 Å². The average Bonchev–Trinajstić information content (AvgIpc) is 2.58. The number of hydrogen-bond acceptors (Lipinski definition) is 2. The Hall–Kier alpha value is -1.64. The molecule has 0 bridgehead atoms. The molecule has 0 spiro atoms. The van der Waals surface area contributed by atoms with Crippen LogP contribution in [0.3, 0.4) is 0 Å². The fourth-order valence-corrected chi connectivity index (χ4v) is 3.57. The fourth-order valence-electron chi connectivity index (χ4n) is 3.57. The number of rotatable bonds is 4. The minimum absolute atomic E-state index is 0.0268. The van der Waals surface area contributed by atoms with Gasteiger partial charge in [0.25, 0.3) is 0 Å². The van der Waals surface area contributed by atoms with Crippen molar-refractivity contribution in [1.29, 1.82) is 0 Å². The van der Waals surface area contributed by atoms with E-state index in [1.807, 2.05) is 36.4 Å². The third kappa shape index (κ3) is 3.23. The van der Waals surface area contributed by atoms with Crippen LogP contribution < -0.4 is 0 Å². The van der Waals surface area contributed by atoms with E-state index in [1.54, 1.807) is 0 Å². The highest BCUT2D eigenvalue weighted by Crippen LogP contribution is 2.37. The molecule has 1 heterocycles. The summed E-state index contributed by atoms with van der Waals surface area (Å²) in [6, 6.07) is 21.0. The van der Waals surface area contributed by atoms with E-state index in [1.165, 1.54) is 24.8 Å². The van der Waals surface area contributed by atoms with E-state index < -0.39 is 6.10 Å². The lowest BCUT2D eigenvalue weighted by Gasteiger charge is -2.42. The highest BCUT2D eigenvalue weighted by atomic mass is 16.3. The van der Waals surface area contributed by atoms with Gasteiger partial charge in [-0.3, -0.25) is 4.90 Å². The number of hydrogen-bond donors (Lipinski definition) is 1. The zero-order valence-corrected chi connectivity index (χ0v) is 13.2. The summed E-state index contributed by atoms with van der Waals surface area (Å²) in [6.07, 6.45) is 3.23. The molecule has 2 aromatic rings. The molecule has 2 nitrogen and oxygen atoms in total. The molecule has 1 aliphatic heterocycles. The molecule has 1 N–H and O–H groups in total. The third-order valence-electron chi connectivity index (χ3n) is 4.79. The van der Waals surface area contributed by atoms with Gasteiger partial charge in [-0.25, -0.2) is 0 Å². The van der Waals surface area contributed by atoms with Crippen molar-refractivity contribution in [2.45, 2.75) is 44.4 Å². The first-order chi connectivity index (χ1) is 10.8. The predicted molar refractivity (Wildman–Crippen MR) is 90.6 cm³/mol. The van der Waals surface area contributed by atoms with Crippen LogP contribution in [0.4, 0.5) is 0 Å². The monoisotopic (exact) mass is 295 g/mol. The maximum atomic E-state index is 11.1. The number of aliphatic hydroxyl groups excluding tert-OH is 1. The van der Waals surface area contributed by atoms with E-state index in [-0.39, 0.29) is 6.04 Å². The van der Waals surface area contributed by atoms with E-state index in [2.05, 4.69) is 36.1 Å². The summed E-state index contributed by atoms with van der Waals surface area (Å²) in [5.74, 6) is 0. The smallest absolute Gasteiger partial charge is 0.0986 e. The quantitative estimate of drug-likeness (QED) is 0.907. The van der Waals surface area contributed by atoms with Gasteiger partial charge in [0, 0.05) is 6.04 Å². The van der Waals surface area contributed by atoms with E-state index in [4.69, 9.17) is 0 Å². The Kier molecular flexibility index (Phi) is 4.91. The largest absolute Gasteiger partial charge is 0.386 e. The molecule has 0 saturated carbocycles. The molecule has 116 valence electrons. The number of nitrogens with zero attached hydrogens (tertiary/aromatic N) is 1. The van der Waals surface area contributed by atoms with E-state index in [9.17, 15) is 5.11 Å².